The molecule has 0 aliphatic heterocycles. The molecule has 0 aromatic heterocycles. The van der Waals surface area contributed by atoms with E-state index in [0.29, 0.717) is 6.29 Å². The van der Waals surface area contributed by atoms with Gasteiger partial charge in [0.25, 0.3) is 6.47 Å². The van der Waals surface area contributed by atoms with E-state index >= 15 is 0 Å². The number of ether oxygens (including phenoxy) is 2. The third-order valence-electron chi connectivity index (χ3n) is 1.62. The van der Waals surface area contributed by atoms with Crippen LogP contribution in [0.5, 0.6) is 17.2 Å². The van der Waals surface area contributed by atoms with Crippen molar-refractivity contribution in [3.8, 4) is 17.2 Å². The van der Waals surface area contributed by atoms with Crippen LogP contribution in [-0.2, 0) is 4.79 Å². The normalized spacial score (nSPS) is 9.21. The standard InChI is InChI=1S/C9H8O5/c1-13-9-7(12)3-2-6(4-10)8(9)14-5-11/h2-5,12H,1H3. The van der Waals surface area contributed by atoms with Gasteiger partial charge in [0.05, 0.1) is 12.7 Å². The molecule has 1 aromatic rings. The number of rotatable bonds is 4. The molecule has 0 heterocycles. The Balaban J connectivity index is 3.34. The van der Waals surface area contributed by atoms with Crippen molar-refractivity contribution in [2.75, 3.05) is 7.11 Å². The van der Waals surface area contributed by atoms with Crippen LogP contribution in [-0.4, -0.2) is 25.0 Å². The largest absolute Gasteiger partial charge is 0.504 e. The summed E-state index contributed by atoms with van der Waals surface area (Å²) in [6.45, 7) is 0.157. The van der Waals surface area contributed by atoms with E-state index in [1.54, 1.807) is 0 Å². The second kappa shape index (κ2) is 4.27. The Morgan fingerprint density at radius 3 is 2.50 bits per heavy atom. The second-order valence-corrected chi connectivity index (χ2v) is 2.37. The van der Waals surface area contributed by atoms with Gasteiger partial charge in [-0.05, 0) is 12.1 Å². The van der Waals surface area contributed by atoms with Gasteiger partial charge in [0, 0.05) is 0 Å². The van der Waals surface area contributed by atoms with E-state index in [4.69, 9.17) is 4.74 Å². The van der Waals surface area contributed by atoms with Crippen LogP contribution in [0.15, 0.2) is 12.1 Å². The topological polar surface area (TPSA) is 72.8 Å². The summed E-state index contributed by atoms with van der Waals surface area (Å²) >= 11 is 0. The average Bonchev–Trinajstić information content (AvgIpc) is 2.19. The fraction of sp³-hybridized carbons (Fsp3) is 0.111. The third kappa shape index (κ3) is 1.66. The second-order valence-electron chi connectivity index (χ2n) is 2.37. The first kappa shape index (κ1) is 10.0. The van der Waals surface area contributed by atoms with Gasteiger partial charge in [-0.25, -0.2) is 0 Å². The fourth-order valence-electron chi connectivity index (χ4n) is 1.03. The maximum Gasteiger partial charge on any atom is 0.298 e. The van der Waals surface area contributed by atoms with Gasteiger partial charge in [-0.15, -0.1) is 0 Å². The number of hydrogen-bond donors (Lipinski definition) is 1. The molecule has 0 radical (unpaired) electrons. The third-order valence-corrected chi connectivity index (χ3v) is 1.62. The van der Waals surface area contributed by atoms with Gasteiger partial charge in [-0.2, -0.15) is 0 Å². The number of methoxy groups -OCH3 is 1. The number of aromatic hydroxyl groups is 1. The Bertz CT molecular complexity index is 358. The van der Waals surface area contributed by atoms with Gasteiger partial charge in [-0.3, -0.25) is 9.59 Å². The molecule has 0 unspecified atom stereocenters. The van der Waals surface area contributed by atoms with Crippen LogP contribution < -0.4 is 9.47 Å². The van der Waals surface area contributed by atoms with Crippen molar-refractivity contribution in [2.45, 2.75) is 0 Å². The molecule has 5 nitrogen and oxygen atoms in total. The van der Waals surface area contributed by atoms with E-state index in [1.807, 2.05) is 0 Å². The smallest absolute Gasteiger partial charge is 0.298 e. The number of phenols is 1. The van der Waals surface area contributed by atoms with Gasteiger partial charge < -0.3 is 14.6 Å². The fourth-order valence-corrected chi connectivity index (χ4v) is 1.03. The van der Waals surface area contributed by atoms with Crippen molar-refractivity contribution in [2.24, 2.45) is 0 Å². The Hall–Kier alpha value is -2.04. The maximum absolute atomic E-state index is 10.5. The zero-order valence-electron chi connectivity index (χ0n) is 7.39. The highest BCUT2D eigenvalue weighted by atomic mass is 16.5. The molecule has 0 atom stereocenters. The first-order valence-electron chi connectivity index (χ1n) is 3.70. The summed E-state index contributed by atoms with van der Waals surface area (Å²) in [7, 11) is 1.29. The Kier molecular flexibility index (Phi) is 3.06. The molecule has 0 amide bonds. The Labute approximate surface area is 79.9 Å². The molecule has 0 aliphatic rings. The summed E-state index contributed by atoms with van der Waals surface area (Å²) in [5.74, 6) is -0.325. The molecular weight excluding hydrogens is 188 g/mol. The molecule has 1 rings (SSSR count). The first-order valence-corrected chi connectivity index (χ1v) is 3.70. The van der Waals surface area contributed by atoms with Crippen LogP contribution in [0, 0.1) is 0 Å². The van der Waals surface area contributed by atoms with Crippen molar-refractivity contribution < 1.29 is 24.2 Å². The minimum atomic E-state index is -0.199. The van der Waals surface area contributed by atoms with E-state index in [9.17, 15) is 14.7 Å². The van der Waals surface area contributed by atoms with Gasteiger partial charge in [0.2, 0.25) is 5.75 Å². The Morgan fingerprint density at radius 2 is 2.00 bits per heavy atom. The molecule has 0 saturated heterocycles. The predicted molar refractivity (Wildman–Crippen MR) is 46.7 cm³/mol. The lowest BCUT2D eigenvalue weighted by atomic mass is 10.2. The zero-order valence-corrected chi connectivity index (χ0v) is 7.39. The van der Waals surface area contributed by atoms with Crippen molar-refractivity contribution in [1.29, 1.82) is 0 Å². The van der Waals surface area contributed by atoms with E-state index in [-0.39, 0.29) is 29.3 Å². The number of carbonyl (C=O) groups excluding carboxylic acids is 2. The summed E-state index contributed by atoms with van der Waals surface area (Å²) in [6, 6.07) is 2.60. The molecular formula is C9H8O5. The number of benzene rings is 1. The highest BCUT2D eigenvalue weighted by Crippen LogP contribution is 2.38. The van der Waals surface area contributed by atoms with Crippen molar-refractivity contribution in [1.82, 2.24) is 0 Å². The monoisotopic (exact) mass is 196 g/mol. The number of aldehydes is 1. The van der Waals surface area contributed by atoms with Crippen molar-refractivity contribution >= 4 is 12.8 Å². The molecule has 1 aromatic carbocycles. The lowest BCUT2D eigenvalue weighted by Crippen LogP contribution is -1.97. The molecule has 5 heteroatoms. The van der Waals surface area contributed by atoms with Crippen LogP contribution in [0.25, 0.3) is 0 Å². The van der Waals surface area contributed by atoms with E-state index in [1.165, 1.54) is 19.2 Å². The summed E-state index contributed by atoms with van der Waals surface area (Å²) in [4.78, 5) is 20.7. The highest BCUT2D eigenvalue weighted by Gasteiger charge is 2.14. The average molecular weight is 196 g/mol. The molecule has 0 saturated carbocycles. The molecule has 1 N–H and O–H groups in total. The number of phenolic OH excluding ortho intramolecular Hbond substituents is 1. The van der Waals surface area contributed by atoms with Crippen LogP contribution >= 0.6 is 0 Å². The predicted octanol–water partition coefficient (Wildman–Crippen LogP) is 0.748. The molecule has 0 aliphatic carbocycles. The summed E-state index contributed by atoms with van der Waals surface area (Å²) < 4.78 is 9.31. The van der Waals surface area contributed by atoms with E-state index < -0.39 is 0 Å². The van der Waals surface area contributed by atoms with Crippen LogP contribution in [0.1, 0.15) is 10.4 Å². The summed E-state index contributed by atoms with van der Waals surface area (Å²) in [5.41, 5.74) is 0.131. The van der Waals surface area contributed by atoms with Crippen LogP contribution in [0.2, 0.25) is 0 Å². The minimum absolute atomic E-state index is 0.0401. The lowest BCUT2D eigenvalue weighted by molar-refractivity contribution is -0.120. The van der Waals surface area contributed by atoms with Crippen molar-refractivity contribution in [3.63, 3.8) is 0 Å². The van der Waals surface area contributed by atoms with E-state index in [2.05, 4.69) is 4.74 Å². The molecule has 74 valence electrons. The van der Waals surface area contributed by atoms with Gasteiger partial charge in [0.15, 0.2) is 17.8 Å². The molecule has 0 bridgehead atoms. The number of hydrogen-bond acceptors (Lipinski definition) is 5. The van der Waals surface area contributed by atoms with Gasteiger partial charge >= 0.3 is 0 Å². The van der Waals surface area contributed by atoms with Crippen molar-refractivity contribution in [3.05, 3.63) is 17.7 Å². The maximum atomic E-state index is 10.5. The van der Waals surface area contributed by atoms with Crippen LogP contribution in [0.3, 0.4) is 0 Å². The SMILES string of the molecule is COc1c(O)ccc(C=O)c1OC=O. The Morgan fingerprint density at radius 1 is 1.29 bits per heavy atom. The lowest BCUT2D eigenvalue weighted by Gasteiger charge is -2.09. The summed E-state index contributed by atoms with van der Waals surface area (Å²) in [6.07, 6.45) is 0.501. The zero-order chi connectivity index (χ0) is 10.6. The molecule has 0 spiro atoms. The quantitative estimate of drug-likeness (QED) is 0.719. The highest BCUT2D eigenvalue weighted by molar-refractivity contribution is 5.83. The van der Waals surface area contributed by atoms with Gasteiger partial charge in [-0.1, -0.05) is 0 Å². The number of carbonyl (C=O) groups is 2. The van der Waals surface area contributed by atoms with Crippen LogP contribution in [0.4, 0.5) is 0 Å². The molecule has 0 fully saturated rings. The first-order chi connectivity index (χ1) is 6.74. The molecule has 14 heavy (non-hydrogen) atoms. The summed E-state index contributed by atoms with van der Waals surface area (Å²) in [5, 5.41) is 9.30. The van der Waals surface area contributed by atoms with Gasteiger partial charge in [0.1, 0.15) is 0 Å². The van der Waals surface area contributed by atoms with E-state index in [0.717, 1.165) is 0 Å². The minimum Gasteiger partial charge on any atom is -0.504 e.